The minimum absolute atomic E-state index is 0.0952. The summed E-state index contributed by atoms with van der Waals surface area (Å²) in [7, 11) is 0. The molecule has 1 fully saturated rings. The number of anilines is 2. The second-order valence-corrected chi connectivity index (χ2v) is 4.53. The SMILES string of the molecule is CSF.NCC1CN(c2cnc3c(n2)NC(=O)CO3)C(=O)O1. The number of nitrogens with two attached hydrogens (primary N) is 1. The highest BCUT2D eigenvalue weighted by Gasteiger charge is 2.33. The molecule has 1 atom stereocenters. The monoisotopic (exact) mass is 331 g/mol. The Bertz CT molecular complexity index is 575. The number of carbonyl (C=O) groups excluding carboxylic acids is 2. The van der Waals surface area contributed by atoms with Gasteiger partial charge in [0.25, 0.3) is 11.8 Å². The molecule has 2 amide bonds. The largest absolute Gasteiger partial charge is 0.465 e. The fourth-order valence-electron chi connectivity index (χ4n) is 1.82. The molecule has 3 heterocycles. The maximum absolute atomic E-state index is 11.6. The molecule has 0 aliphatic carbocycles. The molecule has 3 rings (SSSR count). The number of aromatic nitrogens is 2. The standard InChI is InChI=1S/C10H11N5O4.CH3FS/c11-1-5-3-15(10(17)19-5)6-2-12-9-8(13-6)14-7(16)4-18-9;1-3-2/h2,5H,1,3-4,11H2,(H,13,14,16);1H3. The van der Waals surface area contributed by atoms with Crippen LogP contribution in [0.5, 0.6) is 5.88 Å². The van der Waals surface area contributed by atoms with Crippen LogP contribution in [0.25, 0.3) is 0 Å². The van der Waals surface area contributed by atoms with Gasteiger partial charge in [-0.2, -0.15) is 3.89 Å². The number of cyclic esters (lactones) is 1. The number of ether oxygens (including phenoxy) is 2. The van der Waals surface area contributed by atoms with Gasteiger partial charge in [-0.15, -0.1) is 0 Å². The molecule has 3 N–H and O–H groups in total. The molecule has 0 spiro atoms. The summed E-state index contributed by atoms with van der Waals surface area (Å²) in [5, 5.41) is 2.52. The number of hydrogen-bond donors (Lipinski definition) is 2. The van der Waals surface area contributed by atoms with E-state index in [1.807, 2.05) is 0 Å². The Morgan fingerprint density at radius 2 is 2.32 bits per heavy atom. The van der Waals surface area contributed by atoms with Gasteiger partial charge in [0.1, 0.15) is 6.10 Å². The third-order valence-electron chi connectivity index (χ3n) is 2.74. The van der Waals surface area contributed by atoms with Crippen LogP contribution in [-0.4, -0.2) is 54.0 Å². The van der Waals surface area contributed by atoms with Crippen molar-refractivity contribution in [2.45, 2.75) is 6.10 Å². The van der Waals surface area contributed by atoms with Crippen molar-refractivity contribution < 1.29 is 22.9 Å². The van der Waals surface area contributed by atoms with Gasteiger partial charge in [0, 0.05) is 24.9 Å². The summed E-state index contributed by atoms with van der Waals surface area (Å²) in [5.74, 6) is 0.386. The first kappa shape index (κ1) is 16.2. The fourth-order valence-corrected chi connectivity index (χ4v) is 1.82. The smallest absolute Gasteiger partial charge is 0.416 e. The molecule has 9 nitrogen and oxygen atoms in total. The van der Waals surface area contributed by atoms with Crippen LogP contribution in [0.1, 0.15) is 0 Å². The van der Waals surface area contributed by atoms with Crippen LogP contribution in [0.2, 0.25) is 0 Å². The van der Waals surface area contributed by atoms with Gasteiger partial charge in [0.05, 0.1) is 12.7 Å². The molecule has 2 aliphatic rings. The van der Waals surface area contributed by atoms with Crippen LogP contribution >= 0.6 is 12.1 Å². The van der Waals surface area contributed by atoms with E-state index in [1.165, 1.54) is 17.4 Å². The van der Waals surface area contributed by atoms with Crippen molar-refractivity contribution in [2.75, 3.05) is 36.2 Å². The van der Waals surface area contributed by atoms with Crippen molar-refractivity contribution in [3.8, 4) is 5.88 Å². The van der Waals surface area contributed by atoms with Crippen molar-refractivity contribution in [3.05, 3.63) is 6.20 Å². The van der Waals surface area contributed by atoms with E-state index in [2.05, 4.69) is 15.3 Å². The number of halogens is 1. The fraction of sp³-hybridized carbons (Fsp3) is 0.455. The van der Waals surface area contributed by atoms with Crippen molar-refractivity contribution in [3.63, 3.8) is 0 Å². The van der Waals surface area contributed by atoms with E-state index in [0.29, 0.717) is 6.54 Å². The molecule has 120 valence electrons. The summed E-state index contributed by atoms with van der Waals surface area (Å²) < 4.78 is 20.3. The maximum atomic E-state index is 11.6. The van der Waals surface area contributed by atoms with Crippen LogP contribution in [0.15, 0.2) is 6.20 Å². The zero-order valence-corrected chi connectivity index (χ0v) is 12.4. The average Bonchev–Trinajstić information content (AvgIpc) is 2.88. The minimum Gasteiger partial charge on any atom is -0.465 e. The normalized spacial score (nSPS) is 19.4. The zero-order chi connectivity index (χ0) is 16.1. The number of hydrogen-bond acceptors (Lipinski definition) is 8. The topological polar surface area (TPSA) is 120 Å². The molecule has 0 radical (unpaired) electrons. The molecule has 2 aliphatic heterocycles. The van der Waals surface area contributed by atoms with Crippen LogP contribution in [0.4, 0.5) is 20.3 Å². The Labute approximate surface area is 129 Å². The van der Waals surface area contributed by atoms with Gasteiger partial charge in [-0.1, -0.05) is 0 Å². The quantitative estimate of drug-likeness (QED) is 0.795. The predicted octanol–water partition coefficient (Wildman–Crippen LogP) is 0.325. The van der Waals surface area contributed by atoms with Crippen LogP contribution < -0.4 is 20.7 Å². The summed E-state index contributed by atoms with van der Waals surface area (Å²) in [6, 6.07) is 0. The number of carbonyl (C=O) groups is 2. The van der Waals surface area contributed by atoms with E-state index in [-0.39, 0.29) is 54.8 Å². The number of fused-ring (bicyclic) bond motifs is 1. The first-order valence-electron chi connectivity index (χ1n) is 6.21. The highest BCUT2D eigenvalue weighted by Crippen LogP contribution is 2.27. The summed E-state index contributed by atoms with van der Waals surface area (Å²) >= 11 is 0.250. The molecule has 11 heteroatoms. The van der Waals surface area contributed by atoms with Crippen molar-refractivity contribution >= 4 is 35.8 Å². The van der Waals surface area contributed by atoms with Crippen LogP contribution in [0.3, 0.4) is 0 Å². The molecule has 0 saturated carbocycles. The van der Waals surface area contributed by atoms with Crippen molar-refractivity contribution in [2.24, 2.45) is 5.73 Å². The molecular formula is C11H14FN5O4S. The lowest BCUT2D eigenvalue weighted by atomic mass is 10.3. The van der Waals surface area contributed by atoms with E-state index in [9.17, 15) is 13.5 Å². The molecule has 1 unspecified atom stereocenters. The zero-order valence-electron chi connectivity index (χ0n) is 11.6. The maximum Gasteiger partial charge on any atom is 0.416 e. The Balaban J connectivity index is 0.000000545. The van der Waals surface area contributed by atoms with Crippen LogP contribution in [-0.2, 0) is 9.53 Å². The first-order chi connectivity index (χ1) is 10.6. The molecule has 1 aromatic rings. The summed E-state index contributed by atoms with van der Waals surface area (Å²) in [4.78, 5) is 32.3. The predicted molar refractivity (Wildman–Crippen MR) is 77.4 cm³/mol. The highest BCUT2D eigenvalue weighted by atomic mass is 32.2. The number of nitrogens with zero attached hydrogens (tertiary/aromatic N) is 3. The van der Waals surface area contributed by atoms with E-state index in [0.717, 1.165) is 0 Å². The lowest BCUT2D eigenvalue weighted by Crippen LogP contribution is -2.30. The Morgan fingerprint density at radius 3 is 2.95 bits per heavy atom. The van der Waals surface area contributed by atoms with Gasteiger partial charge in [-0.3, -0.25) is 9.69 Å². The average molecular weight is 331 g/mol. The van der Waals surface area contributed by atoms with Gasteiger partial charge >= 0.3 is 6.09 Å². The third kappa shape index (κ3) is 3.54. The summed E-state index contributed by atoms with van der Waals surface area (Å²) in [6.07, 6.45) is 1.86. The summed E-state index contributed by atoms with van der Waals surface area (Å²) in [6.45, 7) is 0.445. The number of rotatable bonds is 2. The minimum atomic E-state index is -0.534. The second kappa shape index (κ2) is 7.22. The van der Waals surface area contributed by atoms with Gasteiger partial charge < -0.3 is 20.5 Å². The Kier molecular flexibility index (Phi) is 5.33. The van der Waals surface area contributed by atoms with Crippen molar-refractivity contribution in [1.29, 1.82) is 0 Å². The van der Waals surface area contributed by atoms with E-state index in [4.69, 9.17) is 15.2 Å². The van der Waals surface area contributed by atoms with Gasteiger partial charge in [-0.25, -0.2) is 14.8 Å². The molecular weight excluding hydrogens is 317 g/mol. The number of nitrogens with one attached hydrogen (secondary N) is 1. The molecule has 22 heavy (non-hydrogen) atoms. The highest BCUT2D eigenvalue weighted by molar-refractivity contribution is 7.93. The van der Waals surface area contributed by atoms with Gasteiger partial charge in [-0.05, 0) is 0 Å². The lowest BCUT2D eigenvalue weighted by Gasteiger charge is -2.18. The molecule has 0 bridgehead atoms. The Morgan fingerprint density at radius 1 is 1.59 bits per heavy atom. The molecule has 0 aromatic carbocycles. The van der Waals surface area contributed by atoms with E-state index in [1.54, 1.807) is 0 Å². The second-order valence-electron chi connectivity index (χ2n) is 4.23. The number of amides is 2. The lowest BCUT2D eigenvalue weighted by molar-refractivity contribution is -0.118. The summed E-state index contributed by atoms with van der Waals surface area (Å²) in [5.41, 5.74) is 5.45. The first-order valence-corrected chi connectivity index (χ1v) is 7.34. The van der Waals surface area contributed by atoms with E-state index >= 15 is 0 Å². The molecule has 1 saturated heterocycles. The third-order valence-corrected chi connectivity index (χ3v) is 2.74. The van der Waals surface area contributed by atoms with Crippen molar-refractivity contribution in [1.82, 2.24) is 9.97 Å². The van der Waals surface area contributed by atoms with E-state index < -0.39 is 6.09 Å². The van der Waals surface area contributed by atoms with Gasteiger partial charge in [0.15, 0.2) is 18.2 Å². The Hall–Kier alpha value is -2.14. The van der Waals surface area contributed by atoms with Gasteiger partial charge in [0.2, 0.25) is 0 Å². The molecule has 1 aromatic heterocycles. The van der Waals surface area contributed by atoms with Crippen LogP contribution in [0, 0.1) is 0 Å².